The second-order valence-electron chi connectivity index (χ2n) is 9.02. The van der Waals surface area contributed by atoms with Crippen LogP contribution in [0.2, 0.25) is 0 Å². The van der Waals surface area contributed by atoms with E-state index in [-0.39, 0.29) is 28.9 Å². The number of aromatic nitrogens is 4. The van der Waals surface area contributed by atoms with E-state index < -0.39 is 5.82 Å². The highest BCUT2D eigenvalue weighted by Crippen LogP contribution is 2.31. The standard InChI is InChI=1S/C25H30FN7O/c1-2-31-11-13-32(14-12-31)19-8-9-20(28-15-19)25-29-23(22(26)24(27)30-25)17-7-10-21(34)33(16-17)18-5-3-4-6-18/h7-10,15-16,18H,2-6,11-14H2,1H3,(H2,27,29,30). The van der Waals surface area contributed by atoms with Gasteiger partial charge in [0.15, 0.2) is 17.5 Å². The summed E-state index contributed by atoms with van der Waals surface area (Å²) in [6.45, 7) is 7.21. The van der Waals surface area contributed by atoms with Crippen LogP contribution in [0.5, 0.6) is 0 Å². The van der Waals surface area contributed by atoms with Crippen molar-refractivity contribution in [1.82, 2.24) is 24.4 Å². The lowest BCUT2D eigenvalue weighted by atomic mass is 10.1. The number of hydrogen-bond donors (Lipinski definition) is 1. The fraction of sp³-hybridized carbons (Fsp3) is 0.440. The van der Waals surface area contributed by atoms with E-state index in [0.29, 0.717) is 11.3 Å². The maximum atomic E-state index is 15.0. The molecule has 3 aromatic heterocycles. The zero-order valence-corrected chi connectivity index (χ0v) is 19.5. The summed E-state index contributed by atoms with van der Waals surface area (Å²) in [6.07, 6.45) is 7.59. The first-order valence-electron chi connectivity index (χ1n) is 12.0. The van der Waals surface area contributed by atoms with Crippen molar-refractivity contribution in [3.05, 3.63) is 52.8 Å². The van der Waals surface area contributed by atoms with Gasteiger partial charge in [0.1, 0.15) is 11.4 Å². The van der Waals surface area contributed by atoms with Crippen molar-refractivity contribution in [2.24, 2.45) is 0 Å². The number of nitrogen functional groups attached to an aromatic ring is 1. The number of nitrogens with zero attached hydrogens (tertiary/aromatic N) is 6. The summed E-state index contributed by atoms with van der Waals surface area (Å²) in [7, 11) is 0. The molecule has 0 spiro atoms. The quantitative estimate of drug-likeness (QED) is 0.620. The second-order valence-corrected chi connectivity index (χ2v) is 9.02. The molecular formula is C25H30FN7O. The fourth-order valence-electron chi connectivity index (χ4n) is 4.91. The molecule has 2 aliphatic rings. The number of halogens is 1. The summed E-state index contributed by atoms with van der Waals surface area (Å²) in [6, 6.07) is 7.04. The average molecular weight is 464 g/mol. The third-order valence-corrected chi connectivity index (χ3v) is 6.97. The van der Waals surface area contributed by atoms with Crippen molar-refractivity contribution in [1.29, 1.82) is 0 Å². The monoisotopic (exact) mass is 463 g/mol. The van der Waals surface area contributed by atoms with Gasteiger partial charge in [-0.1, -0.05) is 19.8 Å². The number of hydrogen-bond acceptors (Lipinski definition) is 7. The number of rotatable bonds is 5. The van der Waals surface area contributed by atoms with Crippen LogP contribution in [0.15, 0.2) is 41.5 Å². The summed E-state index contributed by atoms with van der Waals surface area (Å²) in [4.78, 5) is 30.3. The van der Waals surface area contributed by atoms with Crippen LogP contribution < -0.4 is 16.2 Å². The van der Waals surface area contributed by atoms with E-state index in [2.05, 4.69) is 31.7 Å². The minimum absolute atomic E-state index is 0.0795. The van der Waals surface area contributed by atoms with E-state index in [9.17, 15) is 9.18 Å². The first-order valence-corrected chi connectivity index (χ1v) is 12.0. The topological polar surface area (TPSA) is 93.2 Å². The molecule has 8 nitrogen and oxygen atoms in total. The Morgan fingerprint density at radius 1 is 1.06 bits per heavy atom. The first kappa shape index (κ1) is 22.5. The highest BCUT2D eigenvalue weighted by atomic mass is 19.1. The third kappa shape index (κ3) is 4.40. The van der Waals surface area contributed by atoms with Crippen molar-refractivity contribution in [3.8, 4) is 22.8 Å². The minimum atomic E-state index is -0.689. The molecule has 0 aromatic carbocycles. The molecular weight excluding hydrogens is 433 g/mol. The first-order chi connectivity index (χ1) is 16.5. The van der Waals surface area contributed by atoms with Crippen molar-refractivity contribution in [2.75, 3.05) is 43.4 Å². The minimum Gasteiger partial charge on any atom is -0.381 e. The summed E-state index contributed by atoms with van der Waals surface area (Å²) in [5, 5.41) is 0. The van der Waals surface area contributed by atoms with E-state index in [1.54, 1.807) is 23.0 Å². The van der Waals surface area contributed by atoms with Crippen molar-refractivity contribution < 1.29 is 4.39 Å². The Balaban J connectivity index is 1.44. The van der Waals surface area contributed by atoms with Crippen molar-refractivity contribution in [2.45, 2.75) is 38.6 Å². The van der Waals surface area contributed by atoms with Gasteiger partial charge in [-0.15, -0.1) is 0 Å². The highest BCUT2D eigenvalue weighted by molar-refractivity contribution is 5.66. The summed E-state index contributed by atoms with van der Waals surface area (Å²) < 4.78 is 16.7. The third-order valence-electron chi connectivity index (χ3n) is 6.97. The Morgan fingerprint density at radius 2 is 1.82 bits per heavy atom. The molecule has 0 unspecified atom stereocenters. The van der Waals surface area contributed by atoms with Crippen molar-refractivity contribution >= 4 is 11.5 Å². The SMILES string of the molecule is CCN1CCN(c2ccc(-c3nc(N)c(F)c(-c4ccc(=O)n(C5CCCC5)c4)n3)nc2)CC1. The van der Waals surface area contributed by atoms with E-state index in [4.69, 9.17) is 5.73 Å². The molecule has 1 aliphatic carbocycles. The Labute approximate surface area is 198 Å². The Morgan fingerprint density at radius 3 is 2.50 bits per heavy atom. The van der Waals surface area contributed by atoms with Crippen LogP contribution in [0.4, 0.5) is 15.9 Å². The number of nitrogens with two attached hydrogens (primary N) is 1. The molecule has 0 amide bonds. The van der Waals surface area contributed by atoms with E-state index in [1.165, 1.54) is 6.07 Å². The molecule has 5 rings (SSSR count). The molecule has 4 heterocycles. The maximum absolute atomic E-state index is 15.0. The van der Waals surface area contributed by atoms with Crippen LogP contribution in [-0.2, 0) is 0 Å². The Kier molecular flexibility index (Phi) is 6.28. The molecule has 1 saturated heterocycles. The lowest BCUT2D eigenvalue weighted by molar-refractivity contribution is 0.271. The van der Waals surface area contributed by atoms with Gasteiger partial charge >= 0.3 is 0 Å². The molecule has 34 heavy (non-hydrogen) atoms. The van der Waals surface area contributed by atoms with Crippen LogP contribution in [-0.4, -0.2) is 57.1 Å². The number of anilines is 2. The van der Waals surface area contributed by atoms with Gasteiger partial charge in [0.25, 0.3) is 5.56 Å². The number of likely N-dealkylation sites (N-methyl/N-ethyl adjacent to an activating group) is 1. The van der Waals surface area contributed by atoms with Crippen LogP contribution in [0.3, 0.4) is 0 Å². The molecule has 0 radical (unpaired) electrons. The zero-order valence-electron chi connectivity index (χ0n) is 19.5. The number of piperazine rings is 1. The van der Waals surface area contributed by atoms with Gasteiger partial charge in [0.2, 0.25) is 0 Å². The van der Waals surface area contributed by atoms with E-state index in [1.807, 2.05) is 12.1 Å². The number of pyridine rings is 2. The van der Waals surface area contributed by atoms with Gasteiger partial charge < -0.3 is 20.1 Å². The smallest absolute Gasteiger partial charge is 0.250 e. The van der Waals surface area contributed by atoms with Crippen LogP contribution in [0.1, 0.15) is 38.6 Å². The van der Waals surface area contributed by atoms with Gasteiger partial charge in [0, 0.05) is 50.0 Å². The summed E-state index contributed by atoms with van der Waals surface area (Å²) in [5.74, 6) is -0.666. The average Bonchev–Trinajstić information content (AvgIpc) is 3.41. The fourth-order valence-corrected chi connectivity index (χ4v) is 4.91. The molecule has 0 bridgehead atoms. The molecule has 1 saturated carbocycles. The molecule has 2 fully saturated rings. The summed E-state index contributed by atoms with van der Waals surface area (Å²) >= 11 is 0. The van der Waals surface area contributed by atoms with E-state index in [0.717, 1.165) is 64.1 Å². The Bertz CT molecular complexity index is 1210. The van der Waals surface area contributed by atoms with E-state index >= 15 is 0 Å². The highest BCUT2D eigenvalue weighted by Gasteiger charge is 2.21. The van der Waals surface area contributed by atoms with Gasteiger partial charge in [-0.3, -0.25) is 9.78 Å². The molecule has 0 atom stereocenters. The van der Waals surface area contributed by atoms with Gasteiger partial charge in [-0.2, -0.15) is 0 Å². The summed E-state index contributed by atoms with van der Waals surface area (Å²) in [5.41, 5.74) is 7.98. The molecule has 1 aliphatic heterocycles. The molecule has 178 valence electrons. The molecule has 3 aromatic rings. The van der Waals surface area contributed by atoms with Gasteiger partial charge in [-0.25, -0.2) is 14.4 Å². The molecule has 2 N–H and O–H groups in total. The second kappa shape index (κ2) is 9.50. The van der Waals surface area contributed by atoms with Crippen molar-refractivity contribution in [3.63, 3.8) is 0 Å². The lowest BCUT2D eigenvalue weighted by Gasteiger charge is -2.35. The largest absolute Gasteiger partial charge is 0.381 e. The van der Waals surface area contributed by atoms with Crippen LogP contribution in [0.25, 0.3) is 22.8 Å². The Hall–Kier alpha value is -3.33. The lowest BCUT2D eigenvalue weighted by Crippen LogP contribution is -2.46. The van der Waals surface area contributed by atoms with Crippen LogP contribution >= 0.6 is 0 Å². The van der Waals surface area contributed by atoms with Crippen LogP contribution in [0, 0.1) is 5.82 Å². The maximum Gasteiger partial charge on any atom is 0.250 e. The zero-order chi connectivity index (χ0) is 23.7. The van der Waals surface area contributed by atoms with Gasteiger partial charge in [0.05, 0.1) is 11.9 Å². The molecule has 9 heteroatoms. The predicted octanol–water partition coefficient (Wildman–Crippen LogP) is 3.35. The van der Waals surface area contributed by atoms with Gasteiger partial charge in [-0.05, 0) is 37.6 Å². The normalized spacial score (nSPS) is 17.4. The predicted molar refractivity (Wildman–Crippen MR) is 131 cm³/mol.